The van der Waals surface area contributed by atoms with E-state index in [-0.39, 0.29) is 40.7 Å². The number of aliphatic hydroxyl groups is 1. The van der Waals surface area contributed by atoms with Gasteiger partial charge in [0.2, 0.25) is 0 Å². The predicted molar refractivity (Wildman–Crippen MR) is 96.4 cm³/mol. The number of ketones is 2. The Kier molecular flexibility index (Phi) is 4.57. The molecular formula is C19H21N3O3. The highest BCUT2D eigenvalue weighted by Gasteiger charge is 2.34. The Balaban J connectivity index is 2.10. The predicted octanol–water partition coefficient (Wildman–Crippen LogP) is 1.79. The van der Waals surface area contributed by atoms with Crippen molar-refractivity contribution in [3.05, 3.63) is 58.1 Å². The van der Waals surface area contributed by atoms with Crippen LogP contribution in [0.3, 0.4) is 0 Å². The molecule has 1 aliphatic carbocycles. The van der Waals surface area contributed by atoms with Gasteiger partial charge in [0.05, 0.1) is 11.1 Å². The lowest BCUT2D eigenvalue weighted by molar-refractivity contribution is 0.0980. The molecule has 7 N–H and O–H groups in total. The van der Waals surface area contributed by atoms with E-state index in [1.807, 2.05) is 0 Å². The molecule has 0 bridgehead atoms. The first-order valence-corrected chi connectivity index (χ1v) is 8.24. The maximum absolute atomic E-state index is 12.9. The molecule has 0 saturated carbocycles. The molecule has 2 aromatic carbocycles. The van der Waals surface area contributed by atoms with Gasteiger partial charge in [-0.3, -0.25) is 9.59 Å². The van der Waals surface area contributed by atoms with Gasteiger partial charge in [0.1, 0.15) is 0 Å². The van der Waals surface area contributed by atoms with Crippen molar-refractivity contribution in [2.75, 3.05) is 18.1 Å². The molecule has 2 aromatic rings. The molecule has 1 atom stereocenters. The molecule has 0 heterocycles. The standard InChI is InChI=1S/C19H21N3O3/c20-13(7-3-4-8-23)12-9-14(21)15-16(17(12)22)19(25)11-6-2-1-5-10(11)18(15)24/h1-2,5-6,9,13,23H,3-4,7-8,20-22H2. The van der Waals surface area contributed by atoms with Crippen LogP contribution in [0.4, 0.5) is 11.4 Å². The largest absolute Gasteiger partial charge is 0.398 e. The van der Waals surface area contributed by atoms with Crippen LogP contribution >= 0.6 is 0 Å². The highest BCUT2D eigenvalue weighted by molar-refractivity contribution is 6.31. The maximum atomic E-state index is 12.9. The second-order valence-corrected chi connectivity index (χ2v) is 6.25. The van der Waals surface area contributed by atoms with Gasteiger partial charge in [-0.05, 0) is 30.9 Å². The summed E-state index contributed by atoms with van der Waals surface area (Å²) in [6.07, 6.45) is 1.96. The molecule has 0 radical (unpaired) electrons. The Morgan fingerprint density at radius 3 is 2.16 bits per heavy atom. The van der Waals surface area contributed by atoms with Crippen LogP contribution in [0.2, 0.25) is 0 Å². The van der Waals surface area contributed by atoms with E-state index in [1.165, 1.54) is 0 Å². The van der Waals surface area contributed by atoms with Gasteiger partial charge in [-0.25, -0.2) is 0 Å². The minimum Gasteiger partial charge on any atom is -0.398 e. The van der Waals surface area contributed by atoms with Crippen LogP contribution in [-0.4, -0.2) is 23.3 Å². The molecular weight excluding hydrogens is 318 g/mol. The van der Waals surface area contributed by atoms with E-state index in [0.29, 0.717) is 29.5 Å². The summed E-state index contributed by atoms with van der Waals surface area (Å²) in [6, 6.07) is 7.82. The lowest BCUT2D eigenvalue weighted by Gasteiger charge is -2.24. The van der Waals surface area contributed by atoms with Crippen LogP contribution in [0.1, 0.15) is 62.7 Å². The third kappa shape index (κ3) is 2.79. The number of carbonyl (C=O) groups is 2. The SMILES string of the molecule is Nc1cc(C(N)CCCCO)c(N)c2c1C(=O)c1ccccc1C2=O. The summed E-state index contributed by atoms with van der Waals surface area (Å²) < 4.78 is 0. The summed E-state index contributed by atoms with van der Waals surface area (Å²) in [5, 5.41) is 8.90. The smallest absolute Gasteiger partial charge is 0.196 e. The zero-order chi connectivity index (χ0) is 18.1. The first kappa shape index (κ1) is 17.1. The third-order valence-corrected chi connectivity index (χ3v) is 4.62. The van der Waals surface area contributed by atoms with Crippen LogP contribution in [0.5, 0.6) is 0 Å². The summed E-state index contributed by atoms with van der Waals surface area (Å²) in [6.45, 7) is 0.0955. The lowest BCUT2D eigenvalue weighted by Crippen LogP contribution is -2.26. The van der Waals surface area contributed by atoms with Crippen molar-refractivity contribution >= 4 is 22.9 Å². The number of nitrogen functional groups attached to an aromatic ring is 2. The minimum absolute atomic E-state index is 0.0955. The van der Waals surface area contributed by atoms with E-state index in [4.69, 9.17) is 22.3 Å². The topological polar surface area (TPSA) is 132 Å². The van der Waals surface area contributed by atoms with Crippen LogP contribution in [0, 0.1) is 0 Å². The second-order valence-electron chi connectivity index (χ2n) is 6.25. The Hall–Kier alpha value is -2.70. The van der Waals surface area contributed by atoms with Crippen LogP contribution in [-0.2, 0) is 0 Å². The van der Waals surface area contributed by atoms with Crippen molar-refractivity contribution in [2.24, 2.45) is 5.73 Å². The number of carbonyl (C=O) groups excluding carboxylic acids is 2. The number of benzene rings is 2. The van der Waals surface area contributed by atoms with Gasteiger partial charge in [0.15, 0.2) is 11.6 Å². The number of hydrogen-bond acceptors (Lipinski definition) is 6. The van der Waals surface area contributed by atoms with Crippen molar-refractivity contribution < 1.29 is 14.7 Å². The van der Waals surface area contributed by atoms with Gasteiger partial charge in [0, 0.05) is 35.2 Å². The Labute approximate surface area is 145 Å². The number of hydrogen-bond donors (Lipinski definition) is 4. The molecule has 0 spiro atoms. The third-order valence-electron chi connectivity index (χ3n) is 4.62. The molecule has 0 aliphatic heterocycles. The van der Waals surface area contributed by atoms with E-state index in [1.54, 1.807) is 30.3 Å². The number of anilines is 2. The molecule has 0 fully saturated rings. The molecule has 1 aliphatic rings. The second kappa shape index (κ2) is 6.66. The van der Waals surface area contributed by atoms with E-state index >= 15 is 0 Å². The highest BCUT2D eigenvalue weighted by Crippen LogP contribution is 2.38. The normalized spacial score (nSPS) is 14.2. The first-order valence-electron chi connectivity index (χ1n) is 8.24. The number of aliphatic hydroxyl groups excluding tert-OH is 1. The number of nitrogens with two attached hydrogens (primary N) is 3. The quantitative estimate of drug-likeness (QED) is 0.414. The fourth-order valence-corrected chi connectivity index (χ4v) is 3.31. The molecule has 6 heteroatoms. The molecule has 130 valence electrons. The molecule has 0 amide bonds. The van der Waals surface area contributed by atoms with Gasteiger partial charge in [-0.2, -0.15) is 0 Å². The maximum Gasteiger partial charge on any atom is 0.196 e. The van der Waals surface area contributed by atoms with Crippen molar-refractivity contribution in [3.8, 4) is 0 Å². The number of fused-ring (bicyclic) bond motifs is 2. The molecule has 1 unspecified atom stereocenters. The van der Waals surface area contributed by atoms with Crippen molar-refractivity contribution in [1.29, 1.82) is 0 Å². The van der Waals surface area contributed by atoms with E-state index in [9.17, 15) is 9.59 Å². The zero-order valence-corrected chi connectivity index (χ0v) is 13.8. The van der Waals surface area contributed by atoms with E-state index < -0.39 is 6.04 Å². The summed E-state index contributed by atoms with van der Waals surface area (Å²) >= 11 is 0. The van der Waals surface area contributed by atoms with Crippen molar-refractivity contribution in [3.63, 3.8) is 0 Å². The Morgan fingerprint density at radius 2 is 1.56 bits per heavy atom. The number of unbranched alkanes of at least 4 members (excludes halogenated alkanes) is 1. The Bertz CT molecular complexity index is 861. The monoisotopic (exact) mass is 339 g/mol. The van der Waals surface area contributed by atoms with Crippen molar-refractivity contribution in [1.82, 2.24) is 0 Å². The van der Waals surface area contributed by atoms with E-state index in [0.717, 1.165) is 6.42 Å². The average Bonchev–Trinajstić information content (AvgIpc) is 2.61. The fraction of sp³-hybridized carbons (Fsp3) is 0.263. The summed E-state index contributed by atoms with van der Waals surface area (Å²) in [4.78, 5) is 25.7. The Morgan fingerprint density at radius 1 is 0.960 bits per heavy atom. The van der Waals surface area contributed by atoms with Crippen LogP contribution < -0.4 is 17.2 Å². The molecule has 0 aromatic heterocycles. The molecule has 6 nitrogen and oxygen atoms in total. The average molecular weight is 339 g/mol. The van der Waals surface area contributed by atoms with Gasteiger partial charge in [0.25, 0.3) is 0 Å². The summed E-state index contributed by atoms with van der Waals surface area (Å²) in [7, 11) is 0. The van der Waals surface area contributed by atoms with Crippen molar-refractivity contribution in [2.45, 2.75) is 25.3 Å². The molecule has 25 heavy (non-hydrogen) atoms. The first-order chi connectivity index (χ1) is 12.0. The molecule has 3 rings (SSSR count). The van der Waals surface area contributed by atoms with Crippen LogP contribution in [0.15, 0.2) is 30.3 Å². The molecule has 0 saturated heterocycles. The number of rotatable bonds is 5. The van der Waals surface area contributed by atoms with Crippen LogP contribution in [0.25, 0.3) is 0 Å². The minimum atomic E-state index is -0.417. The van der Waals surface area contributed by atoms with Gasteiger partial charge < -0.3 is 22.3 Å². The zero-order valence-electron chi connectivity index (χ0n) is 13.8. The summed E-state index contributed by atoms with van der Waals surface area (Å²) in [5.41, 5.74) is 20.5. The lowest BCUT2D eigenvalue weighted by atomic mass is 9.80. The highest BCUT2D eigenvalue weighted by atomic mass is 16.2. The van der Waals surface area contributed by atoms with Gasteiger partial charge in [-0.1, -0.05) is 24.3 Å². The van der Waals surface area contributed by atoms with E-state index in [2.05, 4.69) is 0 Å². The fourth-order valence-electron chi connectivity index (χ4n) is 3.31. The summed E-state index contributed by atoms with van der Waals surface area (Å²) in [5.74, 6) is -0.603. The van der Waals surface area contributed by atoms with Gasteiger partial charge in [-0.15, -0.1) is 0 Å². The van der Waals surface area contributed by atoms with Gasteiger partial charge >= 0.3 is 0 Å².